The second-order valence-electron chi connectivity index (χ2n) is 5.01. The van der Waals surface area contributed by atoms with Crippen molar-refractivity contribution in [1.82, 2.24) is 0 Å². The number of nitrogens with one attached hydrogen (secondary N) is 1. The number of esters is 1. The molecule has 0 radical (unpaired) electrons. The predicted molar refractivity (Wildman–Crippen MR) is 84.4 cm³/mol. The van der Waals surface area contributed by atoms with E-state index < -0.39 is 0 Å². The van der Waals surface area contributed by atoms with Crippen LogP contribution in [0.15, 0.2) is 24.3 Å². The Morgan fingerprint density at radius 1 is 1.00 bits per heavy atom. The Kier molecular flexibility index (Phi) is 8.17. The summed E-state index contributed by atoms with van der Waals surface area (Å²) in [6.07, 6.45) is 6.20. The zero-order valence-corrected chi connectivity index (χ0v) is 13.0. The van der Waals surface area contributed by atoms with Crippen LogP contribution in [0.25, 0.3) is 0 Å². The Morgan fingerprint density at radius 2 is 1.67 bits per heavy atom. The summed E-state index contributed by atoms with van der Waals surface area (Å²) in [6.45, 7) is 4.30. The van der Waals surface area contributed by atoms with E-state index in [-0.39, 0.29) is 11.9 Å². The molecule has 0 aliphatic carbocycles. The zero-order chi connectivity index (χ0) is 15.5. The molecule has 0 unspecified atom stereocenters. The fraction of sp³-hybridized carbons (Fsp3) is 0.529. The number of hydrogen-bond acceptors (Lipinski definition) is 3. The highest BCUT2D eigenvalue weighted by Crippen LogP contribution is 2.12. The molecular formula is C17H25NO3. The summed E-state index contributed by atoms with van der Waals surface area (Å²) in [6, 6.07) is 6.77. The highest BCUT2D eigenvalue weighted by molar-refractivity contribution is 5.93. The summed E-state index contributed by atoms with van der Waals surface area (Å²) in [5, 5.41) is 2.84. The number of anilines is 1. The topological polar surface area (TPSA) is 55.4 Å². The van der Waals surface area contributed by atoms with E-state index in [0.29, 0.717) is 24.3 Å². The highest BCUT2D eigenvalue weighted by Gasteiger charge is 2.07. The van der Waals surface area contributed by atoms with Crippen molar-refractivity contribution in [3.8, 4) is 0 Å². The van der Waals surface area contributed by atoms with Gasteiger partial charge in [-0.25, -0.2) is 4.79 Å². The molecule has 4 nitrogen and oxygen atoms in total. The van der Waals surface area contributed by atoms with Gasteiger partial charge in [0, 0.05) is 12.1 Å². The van der Waals surface area contributed by atoms with Crippen LogP contribution in [0.2, 0.25) is 0 Å². The van der Waals surface area contributed by atoms with Crippen molar-refractivity contribution in [2.45, 2.75) is 52.4 Å². The van der Waals surface area contributed by atoms with Gasteiger partial charge in [0.25, 0.3) is 0 Å². The van der Waals surface area contributed by atoms with Gasteiger partial charge in [-0.2, -0.15) is 0 Å². The van der Waals surface area contributed by atoms with Crippen molar-refractivity contribution < 1.29 is 14.3 Å². The van der Waals surface area contributed by atoms with Crippen molar-refractivity contribution in [2.75, 3.05) is 11.9 Å². The van der Waals surface area contributed by atoms with Crippen LogP contribution in [-0.2, 0) is 9.53 Å². The number of amides is 1. The van der Waals surface area contributed by atoms with Crippen LogP contribution in [-0.4, -0.2) is 18.5 Å². The molecule has 0 bridgehead atoms. The molecule has 1 N–H and O–H groups in total. The second kappa shape index (κ2) is 9.97. The standard InChI is InChI=1S/C17H25NO3/c1-3-5-6-7-8-9-16(19)18-15-12-10-14(11-13-15)17(20)21-4-2/h10-13H,3-9H2,1-2H3,(H,18,19). The first kappa shape index (κ1) is 17.2. The zero-order valence-electron chi connectivity index (χ0n) is 13.0. The molecule has 0 heterocycles. The molecule has 0 atom stereocenters. The maximum atomic E-state index is 11.8. The maximum absolute atomic E-state index is 11.8. The SMILES string of the molecule is CCCCCCCC(=O)Nc1ccc(C(=O)OCC)cc1. The Morgan fingerprint density at radius 3 is 2.29 bits per heavy atom. The summed E-state index contributed by atoms with van der Waals surface area (Å²) >= 11 is 0. The molecule has 21 heavy (non-hydrogen) atoms. The minimum Gasteiger partial charge on any atom is -0.462 e. The molecule has 4 heteroatoms. The van der Waals surface area contributed by atoms with Gasteiger partial charge in [-0.05, 0) is 37.6 Å². The highest BCUT2D eigenvalue weighted by atomic mass is 16.5. The monoisotopic (exact) mass is 291 g/mol. The largest absolute Gasteiger partial charge is 0.462 e. The van der Waals surface area contributed by atoms with Gasteiger partial charge in [0.2, 0.25) is 5.91 Å². The van der Waals surface area contributed by atoms with Crippen LogP contribution in [0.3, 0.4) is 0 Å². The van der Waals surface area contributed by atoms with E-state index in [2.05, 4.69) is 12.2 Å². The van der Waals surface area contributed by atoms with E-state index in [0.717, 1.165) is 12.8 Å². The van der Waals surface area contributed by atoms with Gasteiger partial charge >= 0.3 is 5.97 Å². The van der Waals surface area contributed by atoms with E-state index in [1.54, 1.807) is 31.2 Å². The minimum absolute atomic E-state index is 0.0235. The first-order valence-electron chi connectivity index (χ1n) is 7.74. The molecule has 0 saturated carbocycles. The van der Waals surface area contributed by atoms with Crippen LogP contribution in [0.5, 0.6) is 0 Å². The Balaban J connectivity index is 2.34. The van der Waals surface area contributed by atoms with Gasteiger partial charge in [-0.15, -0.1) is 0 Å². The molecule has 0 saturated heterocycles. The molecule has 0 aliphatic rings. The number of hydrogen-bond donors (Lipinski definition) is 1. The van der Waals surface area contributed by atoms with Gasteiger partial charge in [0.05, 0.1) is 12.2 Å². The fourth-order valence-electron chi connectivity index (χ4n) is 2.02. The smallest absolute Gasteiger partial charge is 0.338 e. The summed E-state index contributed by atoms with van der Waals surface area (Å²) in [4.78, 5) is 23.3. The van der Waals surface area contributed by atoms with Crippen LogP contribution in [0.1, 0.15) is 62.7 Å². The Labute approximate surface area is 126 Å². The van der Waals surface area contributed by atoms with Crippen LogP contribution >= 0.6 is 0 Å². The first-order valence-corrected chi connectivity index (χ1v) is 7.74. The van der Waals surface area contributed by atoms with E-state index in [9.17, 15) is 9.59 Å². The number of unbranched alkanes of at least 4 members (excludes halogenated alkanes) is 4. The molecule has 0 aliphatic heterocycles. The van der Waals surface area contributed by atoms with Gasteiger partial charge < -0.3 is 10.1 Å². The van der Waals surface area contributed by atoms with Crippen LogP contribution in [0, 0.1) is 0 Å². The number of carbonyl (C=O) groups is 2. The average molecular weight is 291 g/mol. The van der Waals surface area contributed by atoms with Crippen molar-refractivity contribution in [3.05, 3.63) is 29.8 Å². The summed E-state index contributed by atoms with van der Waals surface area (Å²) < 4.78 is 4.91. The summed E-state index contributed by atoms with van der Waals surface area (Å²) in [5.41, 5.74) is 1.20. The van der Waals surface area contributed by atoms with Gasteiger partial charge in [-0.1, -0.05) is 32.6 Å². The van der Waals surface area contributed by atoms with Gasteiger partial charge in [-0.3, -0.25) is 4.79 Å². The normalized spacial score (nSPS) is 10.2. The quantitative estimate of drug-likeness (QED) is 0.549. The molecule has 1 amide bonds. The molecular weight excluding hydrogens is 266 g/mol. The predicted octanol–water partition coefficient (Wildman–Crippen LogP) is 4.16. The molecule has 116 valence electrons. The fourth-order valence-corrected chi connectivity index (χ4v) is 2.02. The molecule has 0 aromatic heterocycles. The lowest BCUT2D eigenvalue weighted by molar-refractivity contribution is -0.116. The van der Waals surface area contributed by atoms with Crippen LogP contribution in [0.4, 0.5) is 5.69 Å². The lowest BCUT2D eigenvalue weighted by atomic mass is 10.1. The van der Waals surface area contributed by atoms with Crippen molar-refractivity contribution in [1.29, 1.82) is 0 Å². The maximum Gasteiger partial charge on any atom is 0.338 e. The van der Waals surface area contributed by atoms with Crippen molar-refractivity contribution >= 4 is 17.6 Å². The molecule has 0 spiro atoms. The van der Waals surface area contributed by atoms with Crippen molar-refractivity contribution in [3.63, 3.8) is 0 Å². The summed E-state index contributed by atoms with van der Waals surface area (Å²) in [5.74, 6) is -0.318. The van der Waals surface area contributed by atoms with Gasteiger partial charge in [0.1, 0.15) is 0 Å². The van der Waals surface area contributed by atoms with E-state index in [1.165, 1.54) is 19.3 Å². The van der Waals surface area contributed by atoms with Gasteiger partial charge in [0.15, 0.2) is 0 Å². The number of rotatable bonds is 9. The second-order valence-corrected chi connectivity index (χ2v) is 5.01. The molecule has 1 aromatic rings. The first-order chi connectivity index (χ1) is 10.2. The average Bonchev–Trinajstić information content (AvgIpc) is 2.48. The number of ether oxygens (including phenoxy) is 1. The Bertz CT molecular complexity index is 440. The molecule has 1 aromatic carbocycles. The lowest BCUT2D eigenvalue weighted by Crippen LogP contribution is -2.11. The van der Waals surface area contributed by atoms with E-state index >= 15 is 0 Å². The third-order valence-electron chi connectivity index (χ3n) is 3.19. The van der Waals surface area contributed by atoms with Crippen LogP contribution < -0.4 is 5.32 Å². The third-order valence-corrected chi connectivity index (χ3v) is 3.19. The summed E-state index contributed by atoms with van der Waals surface area (Å²) in [7, 11) is 0. The van der Waals surface area contributed by atoms with Crippen molar-refractivity contribution in [2.24, 2.45) is 0 Å². The molecule has 1 rings (SSSR count). The number of carbonyl (C=O) groups excluding carboxylic acids is 2. The van der Waals surface area contributed by atoms with E-state index in [1.807, 2.05) is 0 Å². The molecule has 0 fully saturated rings. The minimum atomic E-state index is -0.341. The van der Waals surface area contributed by atoms with E-state index in [4.69, 9.17) is 4.74 Å². The number of benzene rings is 1. The third kappa shape index (κ3) is 6.93. The Hall–Kier alpha value is -1.84. The lowest BCUT2D eigenvalue weighted by Gasteiger charge is -2.06.